The lowest BCUT2D eigenvalue weighted by Gasteiger charge is -2.37. The Bertz CT molecular complexity index is 739. The van der Waals surface area contributed by atoms with Gasteiger partial charge in [0.2, 0.25) is 5.82 Å². The van der Waals surface area contributed by atoms with E-state index in [0.29, 0.717) is 5.69 Å². The number of rotatable bonds is 6. The van der Waals surface area contributed by atoms with Crippen LogP contribution < -0.4 is 9.80 Å². The first kappa shape index (κ1) is 18.3. The Morgan fingerprint density at radius 2 is 2.11 bits per heavy atom. The minimum absolute atomic E-state index is 0.145. The van der Waals surface area contributed by atoms with E-state index in [0.717, 1.165) is 64.4 Å². The molecule has 1 N–H and O–H groups in total. The third-order valence-corrected chi connectivity index (χ3v) is 5.77. The van der Waals surface area contributed by atoms with E-state index in [-0.39, 0.29) is 18.0 Å². The van der Waals surface area contributed by atoms with Crippen molar-refractivity contribution in [1.82, 2.24) is 20.2 Å². The summed E-state index contributed by atoms with van der Waals surface area (Å²) >= 11 is 0. The summed E-state index contributed by atoms with van der Waals surface area (Å²) in [6, 6.07) is 7.28. The lowest BCUT2D eigenvalue weighted by atomic mass is 10.1. The summed E-state index contributed by atoms with van der Waals surface area (Å²) in [7, 11) is 0. The van der Waals surface area contributed by atoms with Gasteiger partial charge >= 0.3 is 0 Å². The van der Waals surface area contributed by atoms with E-state index in [1.807, 2.05) is 16.8 Å². The van der Waals surface area contributed by atoms with E-state index in [1.165, 1.54) is 11.0 Å². The van der Waals surface area contributed by atoms with E-state index in [9.17, 15) is 4.39 Å². The summed E-state index contributed by atoms with van der Waals surface area (Å²) in [5, 5.41) is 12.5. The van der Waals surface area contributed by atoms with Crippen molar-refractivity contribution in [3.8, 4) is 0 Å². The number of piperazine rings is 1. The maximum atomic E-state index is 14.1. The molecule has 0 amide bonds. The Balaban J connectivity index is 1.42. The van der Waals surface area contributed by atoms with Crippen molar-refractivity contribution in [2.24, 2.45) is 0 Å². The largest absolute Gasteiger partial charge is 0.376 e. The third-order valence-electron chi connectivity index (χ3n) is 5.77. The summed E-state index contributed by atoms with van der Waals surface area (Å²) in [4.78, 5) is 3.61. The van der Waals surface area contributed by atoms with Crippen LogP contribution in [0.5, 0.6) is 0 Å². The molecule has 1 aromatic heterocycles. The van der Waals surface area contributed by atoms with Gasteiger partial charge in [-0.1, -0.05) is 19.1 Å². The standard InChI is InChI=1S/C19H27FN6O/c1-2-17(19-21-22-23-26(19)14-15-6-5-13-27-15)24-9-11-25(12-10-24)18-8-4-3-7-16(18)20/h3-4,7-8,15,17H,2,5-6,9-14H2,1H3/p+1/t15-,17+/m0/s1. The molecule has 2 aliphatic heterocycles. The normalized spacial score (nSPS) is 22.3. The van der Waals surface area contributed by atoms with Gasteiger partial charge in [0.05, 0.1) is 44.5 Å². The van der Waals surface area contributed by atoms with Gasteiger partial charge in [-0.3, -0.25) is 0 Å². The molecule has 4 rings (SSSR count). The Morgan fingerprint density at radius 3 is 2.81 bits per heavy atom. The van der Waals surface area contributed by atoms with Gasteiger partial charge in [-0.05, 0) is 35.4 Å². The molecule has 146 valence electrons. The second-order valence-corrected chi connectivity index (χ2v) is 7.41. The number of ether oxygens (including phenoxy) is 1. The molecule has 2 aromatic rings. The molecule has 2 fully saturated rings. The molecule has 8 heteroatoms. The first-order valence-electron chi connectivity index (χ1n) is 9.98. The number of benzene rings is 1. The molecule has 2 aliphatic rings. The molecular weight excluding hydrogens is 347 g/mol. The molecular formula is C19H28FN6O+. The van der Waals surface area contributed by atoms with Gasteiger partial charge in [0.15, 0.2) is 0 Å². The first-order valence-corrected chi connectivity index (χ1v) is 9.98. The summed E-state index contributed by atoms with van der Waals surface area (Å²) in [6.45, 7) is 7.31. The van der Waals surface area contributed by atoms with Gasteiger partial charge in [-0.2, -0.15) is 0 Å². The molecule has 7 nitrogen and oxygen atoms in total. The SMILES string of the molecule is CC[C@H](c1nnnn1C[C@@H]1CCCO1)[NH+]1CCN(c2ccccc2F)CC1. The topological polar surface area (TPSA) is 60.5 Å². The van der Waals surface area contributed by atoms with Crippen LogP contribution in [0.3, 0.4) is 0 Å². The van der Waals surface area contributed by atoms with E-state index in [2.05, 4.69) is 27.3 Å². The van der Waals surface area contributed by atoms with E-state index in [4.69, 9.17) is 4.74 Å². The van der Waals surface area contributed by atoms with Crippen molar-refractivity contribution in [2.75, 3.05) is 37.7 Å². The lowest BCUT2D eigenvalue weighted by molar-refractivity contribution is -0.933. The minimum atomic E-state index is -0.145. The average molecular weight is 375 g/mol. The number of anilines is 1. The van der Waals surface area contributed by atoms with Crippen molar-refractivity contribution in [1.29, 1.82) is 0 Å². The van der Waals surface area contributed by atoms with E-state index >= 15 is 0 Å². The molecule has 0 unspecified atom stereocenters. The molecule has 0 bridgehead atoms. The van der Waals surface area contributed by atoms with Crippen molar-refractivity contribution in [3.05, 3.63) is 35.9 Å². The Kier molecular flexibility index (Phi) is 5.63. The highest BCUT2D eigenvalue weighted by atomic mass is 19.1. The van der Waals surface area contributed by atoms with Gasteiger partial charge in [0.25, 0.3) is 0 Å². The van der Waals surface area contributed by atoms with Crippen molar-refractivity contribution >= 4 is 5.69 Å². The van der Waals surface area contributed by atoms with Crippen LogP contribution in [-0.4, -0.2) is 59.1 Å². The summed E-state index contributed by atoms with van der Waals surface area (Å²) in [6.07, 6.45) is 3.38. The van der Waals surface area contributed by atoms with E-state index < -0.39 is 0 Å². The van der Waals surface area contributed by atoms with Crippen LogP contribution in [0.15, 0.2) is 24.3 Å². The van der Waals surface area contributed by atoms with Crippen LogP contribution >= 0.6 is 0 Å². The fourth-order valence-corrected chi connectivity index (χ4v) is 4.32. The van der Waals surface area contributed by atoms with Crippen LogP contribution in [0.2, 0.25) is 0 Å². The maximum Gasteiger partial charge on any atom is 0.209 e. The van der Waals surface area contributed by atoms with Crippen molar-refractivity contribution in [3.63, 3.8) is 0 Å². The lowest BCUT2D eigenvalue weighted by Crippen LogP contribution is -3.15. The maximum absolute atomic E-state index is 14.1. The second kappa shape index (κ2) is 8.31. The fraction of sp³-hybridized carbons (Fsp3) is 0.632. The number of nitrogens with zero attached hydrogens (tertiary/aromatic N) is 5. The van der Waals surface area contributed by atoms with Crippen LogP contribution in [0.25, 0.3) is 0 Å². The van der Waals surface area contributed by atoms with Gasteiger partial charge in [0, 0.05) is 13.0 Å². The van der Waals surface area contributed by atoms with Crippen LogP contribution in [0.4, 0.5) is 10.1 Å². The van der Waals surface area contributed by atoms with Crippen LogP contribution in [0.1, 0.15) is 38.1 Å². The molecule has 0 radical (unpaired) electrons. The van der Waals surface area contributed by atoms with Crippen LogP contribution in [-0.2, 0) is 11.3 Å². The predicted octanol–water partition coefficient (Wildman–Crippen LogP) is 0.847. The predicted molar refractivity (Wildman–Crippen MR) is 99.1 cm³/mol. The van der Waals surface area contributed by atoms with Gasteiger partial charge < -0.3 is 14.5 Å². The first-order chi connectivity index (χ1) is 13.3. The van der Waals surface area contributed by atoms with Crippen LogP contribution in [0, 0.1) is 5.82 Å². The highest BCUT2D eigenvalue weighted by Crippen LogP contribution is 2.20. The summed E-state index contributed by atoms with van der Waals surface area (Å²) in [5.74, 6) is 0.802. The smallest absolute Gasteiger partial charge is 0.209 e. The van der Waals surface area contributed by atoms with Gasteiger partial charge in [-0.15, -0.1) is 5.10 Å². The number of tetrazole rings is 1. The monoisotopic (exact) mass is 375 g/mol. The molecule has 2 saturated heterocycles. The molecule has 0 saturated carbocycles. The molecule has 2 atom stereocenters. The molecule has 1 aromatic carbocycles. The fourth-order valence-electron chi connectivity index (χ4n) is 4.32. The number of nitrogens with one attached hydrogen (secondary N) is 1. The quantitative estimate of drug-likeness (QED) is 0.811. The summed E-state index contributed by atoms with van der Waals surface area (Å²) < 4.78 is 21.8. The number of hydrogen-bond donors (Lipinski definition) is 1. The number of halogens is 1. The third kappa shape index (κ3) is 3.96. The zero-order valence-corrected chi connectivity index (χ0v) is 15.9. The Morgan fingerprint density at radius 1 is 1.30 bits per heavy atom. The Hall–Kier alpha value is -2.06. The number of para-hydroxylation sites is 1. The summed E-state index contributed by atoms with van der Waals surface area (Å²) in [5.41, 5.74) is 0.702. The number of quaternary nitrogens is 1. The molecule has 0 spiro atoms. The van der Waals surface area contributed by atoms with Crippen molar-refractivity contribution in [2.45, 2.75) is 44.9 Å². The highest BCUT2D eigenvalue weighted by Gasteiger charge is 2.32. The molecule has 27 heavy (non-hydrogen) atoms. The molecule has 3 heterocycles. The molecule has 0 aliphatic carbocycles. The minimum Gasteiger partial charge on any atom is -0.376 e. The van der Waals surface area contributed by atoms with E-state index in [1.54, 1.807) is 6.07 Å². The number of aromatic nitrogens is 4. The number of hydrogen-bond acceptors (Lipinski definition) is 5. The average Bonchev–Trinajstić information content (AvgIpc) is 3.37. The van der Waals surface area contributed by atoms with Gasteiger partial charge in [0.1, 0.15) is 11.9 Å². The Labute approximate surface area is 159 Å². The zero-order valence-electron chi connectivity index (χ0n) is 15.9. The second-order valence-electron chi connectivity index (χ2n) is 7.41. The highest BCUT2D eigenvalue weighted by molar-refractivity contribution is 5.47. The zero-order chi connectivity index (χ0) is 18.6. The van der Waals surface area contributed by atoms with Crippen molar-refractivity contribution < 1.29 is 14.0 Å². The van der Waals surface area contributed by atoms with Gasteiger partial charge in [-0.25, -0.2) is 9.07 Å².